The summed E-state index contributed by atoms with van der Waals surface area (Å²) in [5.41, 5.74) is 10.5. The Kier molecular flexibility index (Phi) is 10.2. The lowest BCUT2D eigenvalue weighted by atomic mass is 9.43. The summed E-state index contributed by atoms with van der Waals surface area (Å²) in [5, 5.41) is 15.3. The van der Waals surface area contributed by atoms with Gasteiger partial charge in [0.15, 0.2) is 5.78 Å². The maximum absolute atomic E-state index is 14.1. The molecule has 6 rings (SSSR count). The number of carbonyl (C=O) groups excluding carboxylic acids is 2. The zero-order valence-electron chi connectivity index (χ0n) is 28.9. The summed E-state index contributed by atoms with van der Waals surface area (Å²) in [6.07, 6.45) is 2.59. The minimum absolute atomic E-state index is 0.0941. The molecule has 3 aliphatic carbocycles. The number of hydrogen-bond acceptors (Lipinski definition) is 8. The number of aliphatic hydroxyl groups excluding tert-OH is 1. The van der Waals surface area contributed by atoms with E-state index < -0.39 is 24.2 Å². The molecule has 4 N–H and O–H groups in total. The summed E-state index contributed by atoms with van der Waals surface area (Å²) >= 11 is 0. The van der Waals surface area contributed by atoms with Crippen molar-refractivity contribution in [2.24, 2.45) is 40.7 Å². The van der Waals surface area contributed by atoms with Crippen LogP contribution in [0.4, 0.5) is 5.69 Å². The first-order valence-electron chi connectivity index (χ1n) is 16.9. The minimum Gasteiger partial charge on any atom is -0.496 e. The van der Waals surface area contributed by atoms with Crippen molar-refractivity contribution in [1.29, 1.82) is 0 Å². The number of amides is 1. The molecule has 0 unspecified atom stereocenters. The first-order valence-corrected chi connectivity index (χ1v) is 16.9. The van der Waals surface area contributed by atoms with Gasteiger partial charge in [-0.2, -0.15) is 5.06 Å². The predicted octanol–water partition coefficient (Wildman–Crippen LogP) is 4.90. The lowest BCUT2D eigenvalue weighted by Gasteiger charge is -2.62. The van der Waals surface area contributed by atoms with E-state index in [1.54, 1.807) is 26.1 Å². The molecule has 9 nitrogen and oxygen atoms in total. The normalized spacial score (nSPS) is 29.1. The third-order valence-electron chi connectivity index (χ3n) is 11.6. The molecule has 3 saturated carbocycles. The van der Waals surface area contributed by atoms with Gasteiger partial charge >= 0.3 is 0 Å². The van der Waals surface area contributed by atoms with Crippen LogP contribution in [0.2, 0.25) is 0 Å². The summed E-state index contributed by atoms with van der Waals surface area (Å²) in [4.78, 5) is 35.1. The molecule has 0 radical (unpaired) electrons. The topological polar surface area (TPSA) is 117 Å². The molecule has 0 aromatic heterocycles. The van der Waals surface area contributed by atoms with Gasteiger partial charge in [0.1, 0.15) is 11.8 Å². The quantitative estimate of drug-likeness (QED) is 0.302. The van der Waals surface area contributed by atoms with Crippen molar-refractivity contribution < 1.29 is 24.3 Å². The van der Waals surface area contributed by atoms with Crippen LogP contribution in [0, 0.1) is 35.0 Å². The number of fused-ring (bicyclic) bond motifs is 2. The highest BCUT2D eigenvalue weighted by molar-refractivity contribution is 5.97. The number of aliphatic hydroxyl groups is 1. The molecule has 0 spiro atoms. The van der Waals surface area contributed by atoms with Crippen molar-refractivity contribution >= 4 is 17.4 Å². The van der Waals surface area contributed by atoms with Crippen molar-refractivity contribution in [2.45, 2.75) is 78.2 Å². The number of para-hydroxylation sites is 1. The molecule has 1 heterocycles. The Bertz CT molecular complexity index is 1420. The molecular formula is C37H54N4O5. The third-order valence-corrected chi connectivity index (χ3v) is 11.6. The second kappa shape index (κ2) is 13.6. The van der Waals surface area contributed by atoms with Crippen molar-refractivity contribution in [3.05, 3.63) is 47.5 Å². The fourth-order valence-electron chi connectivity index (χ4n) is 8.75. The van der Waals surface area contributed by atoms with E-state index in [1.807, 2.05) is 55.4 Å². The number of carbonyl (C=O) groups is 2. The number of ether oxygens (including phenoxy) is 1. The van der Waals surface area contributed by atoms with Gasteiger partial charge in [-0.15, -0.1) is 0 Å². The van der Waals surface area contributed by atoms with Gasteiger partial charge in [-0.3, -0.25) is 14.4 Å². The van der Waals surface area contributed by atoms with Crippen LogP contribution in [-0.2, 0) is 16.2 Å². The number of anilines is 1. The van der Waals surface area contributed by atoms with Crippen LogP contribution >= 0.6 is 0 Å². The molecule has 252 valence electrons. The first kappa shape index (κ1) is 34.4. The fraction of sp³-hybridized carbons (Fsp3) is 0.622. The van der Waals surface area contributed by atoms with Gasteiger partial charge in [-0.25, -0.2) is 0 Å². The van der Waals surface area contributed by atoms with Gasteiger partial charge in [-0.1, -0.05) is 39.0 Å². The molecular weight excluding hydrogens is 580 g/mol. The zero-order valence-corrected chi connectivity index (χ0v) is 28.9. The number of nitrogens with zero attached hydrogens (tertiary/aromatic N) is 2. The van der Waals surface area contributed by atoms with E-state index in [-0.39, 0.29) is 24.8 Å². The van der Waals surface area contributed by atoms with E-state index in [4.69, 9.17) is 15.3 Å². The molecule has 1 amide bonds. The Morgan fingerprint density at radius 3 is 2.54 bits per heavy atom. The summed E-state index contributed by atoms with van der Waals surface area (Å²) in [7, 11) is 7.12. The van der Waals surface area contributed by atoms with Crippen LogP contribution < -0.4 is 20.7 Å². The van der Waals surface area contributed by atoms with Crippen molar-refractivity contribution in [2.75, 3.05) is 39.7 Å². The highest BCUT2D eigenvalue weighted by atomic mass is 16.7. The van der Waals surface area contributed by atoms with Crippen LogP contribution in [-0.4, -0.2) is 74.9 Å². The smallest absolute Gasteiger partial charge is 0.251 e. The van der Waals surface area contributed by atoms with Crippen LogP contribution in [0.1, 0.15) is 69.3 Å². The predicted molar refractivity (Wildman–Crippen MR) is 181 cm³/mol. The third kappa shape index (κ3) is 6.31. The average Bonchev–Trinajstić information content (AvgIpc) is 3.41. The maximum Gasteiger partial charge on any atom is 0.251 e. The first-order chi connectivity index (χ1) is 21.8. The monoisotopic (exact) mass is 634 g/mol. The Hall–Kier alpha value is -2.98. The molecule has 1 aliphatic heterocycles. The number of ketones is 1. The molecule has 2 aromatic carbocycles. The Labute approximate surface area is 274 Å². The summed E-state index contributed by atoms with van der Waals surface area (Å²) in [6.45, 7) is 9.38. The Morgan fingerprint density at radius 2 is 1.96 bits per heavy atom. The van der Waals surface area contributed by atoms with Gasteiger partial charge in [0.2, 0.25) is 0 Å². The lowest BCUT2D eigenvalue weighted by Crippen LogP contribution is -2.55. The zero-order chi connectivity index (χ0) is 33.5. The van der Waals surface area contributed by atoms with E-state index in [1.165, 1.54) is 12.8 Å². The van der Waals surface area contributed by atoms with Gasteiger partial charge < -0.3 is 25.8 Å². The van der Waals surface area contributed by atoms with Crippen LogP contribution in [0.5, 0.6) is 5.75 Å². The average molecular weight is 635 g/mol. The van der Waals surface area contributed by atoms with E-state index in [0.717, 1.165) is 40.6 Å². The maximum atomic E-state index is 14.1. The second-order valence-corrected chi connectivity index (χ2v) is 14.7. The molecule has 9 heteroatoms. The molecule has 2 bridgehead atoms. The summed E-state index contributed by atoms with van der Waals surface area (Å²) in [6, 6.07) is 11.0. The SMILES string of the molecule is CNC(=O)c1cc(-c2cccc(CN3O[C@@H](CN)[C@@H]([C@H](C)O)[C@H]3C(=O)CC[C@H]3C[C@H]4C[C@@H]([C@@H]3C)C4(C)C)c2OC)cc(N(C)C)c1. The standard InChI is InChI=1S/C37H54N4O5/c1-21-23(15-27-18-30(21)37(27,3)4)12-13-31(43)34-33(22(2)42)32(19-38)46-41(34)20-24-10-9-11-29(35(24)45-8)25-14-26(36(44)39-5)17-28(16-25)40(6)7/h9-11,14,16-17,21-23,27,30,32-34,42H,12-13,15,18-20,38H2,1-8H3,(H,39,44)/t21-,22+,23+,27+,30+,32+,33-,34-/m1/s1. The van der Waals surface area contributed by atoms with Gasteiger partial charge in [0.05, 0.1) is 25.9 Å². The van der Waals surface area contributed by atoms with E-state index in [0.29, 0.717) is 35.0 Å². The van der Waals surface area contributed by atoms with Gasteiger partial charge in [0, 0.05) is 62.4 Å². The summed E-state index contributed by atoms with van der Waals surface area (Å²) < 4.78 is 6.01. The van der Waals surface area contributed by atoms with Crippen LogP contribution in [0.3, 0.4) is 0 Å². The molecule has 8 atom stereocenters. The van der Waals surface area contributed by atoms with Crippen molar-refractivity contribution in [1.82, 2.24) is 10.4 Å². The van der Waals surface area contributed by atoms with Crippen LogP contribution in [0.15, 0.2) is 36.4 Å². The summed E-state index contributed by atoms with van der Waals surface area (Å²) in [5.74, 6) is 2.75. The number of nitrogens with two attached hydrogens (primary N) is 1. The molecule has 4 fully saturated rings. The van der Waals surface area contributed by atoms with Crippen LogP contribution in [0.25, 0.3) is 11.1 Å². The largest absolute Gasteiger partial charge is 0.496 e. The highest BCUT2D eigenvalue weighted by Crippen LogP contribution is 2.63. The van der Waals surface area contributed by atoms with Gasteiger partial charge in [0.25, 0.3) is 5.91 Å². The number of hydroxylamine groups is 2. The number of methoxy groups -OCH3 is 1. The molecule has 1 saturated heterocycles. The second-order valence-electron chi connectivity index (χ2n) is 14.7. The fourth-order valence-corrected chi connectivity index (χ4v) is 8.75. The Balaban J connectivity index is 1.42. The Morgan fingerprint density at radius 1 is 1.22 bits per heavy atom. The molecule has 46 heavy (non-hydrogen) atoms. The number of Topliss-reactive ketones (excluding diaryl/α,β-unsaturated/α-hetero) is 1. The minimum atomic E-state index is -0.764. The number of rotatable bonds is 12. The van der Waals surface area contributed by atoms with E-state index in [9.17, 15) is 14.7 Å². The molecule has 2 aromatic rings. The number of hydrogen-bond donors (Lipinski definition) is 3. The van der Waals surface area contributed by atoms with Crippen molar-refractivity contribution in [3.8, 4) is 16.9 Å². The molecule has 4 aliphatic rings. The van der Waals surface area contributed by atoms with Crippen molar-refractivity contribution in [3.63, 3.8) is 0 Å². The number of benzene rings is 2. The van der Waals surface area contributed by atoms with E-state index in [2.05, 4.69) is 26.1 Å². The van der Waals surface area contributed by atoms with Gasteiger partial charge in [-0.05, 0) is 79.0 Å². The highest BCUT2D eigenvalue weighted by Gasteiger charge is 2.56. The van der Waals surface area contributed by atoms with E-state index >= 15 is 0 Å². The lowest BCUT2D eigenvalue weighted by molar-refractivity contribution is -0.173. The number of nitrogens with one attached hydrogen (secondary N) is 1.